The molecule has 0 aliphatic heterocycles. The van der Waals surface area contributed by atoms with Gasteiger partial charge < -0.3 is 0 Å². The predicted molar refractivity (Wildman–Crippen MR) is 90.9 cm³/mol. The van der Waals surface area contributed by atoms with Gasteiger partial charge in [0.05, 0.1) is 0 Å². The van der Waals surface area contributed by atoms with Gasteiger partial charge in [0.1, 0.15) is 0 Å². The fraction of sp³-hybridized carbons (Fsp3) is 0.714. The fourth-order valence-corrected chi connectivity index (χ4v) is 6.70. The molecule has 0 heterocycles. The standard InChI is InChI=1S/C21H28O2/c1-13(22)15-7-8-16-14-12-19(23)18-6-4-5-10-20(18,2)17(14)9-11-21(15,16)3/h6-7,14,16-17H,4-5,8-12H2,1-3H3/t14-,16-,17-,20+,21+/m0/s1. The van der Waals surface area contributed by atoms with Crippen LogP contribution in [0.1, 0.15) is 65.7 Å². The number of allylic oxidation sites excluding steroid dienone is 4. The number of ketones is 2. The molecule has 0 unspecified atom stereocenters. The summed E-state index contributed by atoms with van der Waals surface area (Å²) in [6, 6.07) is 0. The quantitative estimate of drug-likeness (QED) is 0.706. The van der Waals surface area contributed by atoms with Gasteiger partial charge >= 0.3 is 0 Å². The highest BCUT2D eigenvalue weighted by atomic mass is 16.1. The largest absolute Gasteiger partial charge is 0.295 e. The third-order valence-corrected chi connectivity index (χ3v) is 7.80. The van der Waals surface area contributed by atoms with E-state index < -0.39 is 0 Å². The first-order valence-electron chi connectivity index (χ1n) is 9.33. The lowest BCUT2D eigenvalue weighted by Gasteiger charge is -2.57. The van der Waals surface area contributed by atoms with Gasteiger partial charge in [0.15, 0.2) is 11.6 Å². The first-order chi connectivity index (χ1) is 10.9. The van der Waals surface area contributed by atoms with Gasteiger partial charge in [-0.2, -0.15) is 0 Å². The molecule has 4 aliphatic rings. The Hall–Kier alpha value is -1.18. The summed E-state index contributed by atoms with van der Waals surface area (Å²) < 4.78 is 0. The summed E-state index contributed by atoms with van der Waals surface area (Å²) >= 11 is 0. The second kappa shape index (κ2) is 4.91. The van der Waals surface area contributed by atoms with Crippen LogP contribution in [-0.4, -0.2) is 11.6 Å². The van der Waals surface area contributed by atoms with Crippen LogP contribution < -0.4 is 0 Å². The molecule has 0 bridgehead atoms. The van der Waals surface area contributed by atoms with Crippen molar-refractivity contribution in [2.75, 3.05) is 0 Å². The lowest BCUT2D eigenvalue weighted by Crippen LogP contribution is -2.52. The van der Waals surface area contributed by atoms with Gasteiger partial charge in [-0.3, -0.25) is 9.59 Å². The Kier molecular flexibility index (Phi) is 3.28. The SMILES string of the molecule is CC(=O)C1=CC[C@H]2[C@@H]3CC(=O)C4=CCCC[C@]4(C)[C@H]3CC[C@]12C. The molecular formula is C21H28O2. The summed E-state index contributed by atoms with van der Waals surface area (Å²) in [7, 11) is 0. The highest BCUT2D eigenvalue weighted by Gasteiger charge is 2.58. The zero-order valence-electron chi connectivity index (χ0n) is 14.7. The predicted octanol–water partition coefficient (Wildman–Crippen LogP) is 4.64. The van der Waals surface area contributed by atoms with Gasteiger partial charge in [-0.25, -0.2) is 0 Å². The third kappa shape index (κ3) is 1.93. The van der Waals surface area contributed by atoms with Crippen molar-refractivity contribution in [3.8, 4) is 0 Å². The van der Waals surface area contributed by atoms with Crippen LogP contribution in [-0.2, 0) is 9.59 Å². The molecule has 4 rings (SSSR count). The summed E-state index contributed by atoms with van der Waals surface area (Å²) in [5, 5.41) is 0. The van der Waals surface area contributed by atoms with Crippen LogP contribution in [0.3, 0.4) is 0 Å². The number of hydrogen-bond acceptors (Lipinski definition) is 2. The maximum absolute atomic E-state index is 12.8. The average molecular weight is 312 g/mol. The lowest BCUT2D eigenvalue weighted by atomic mass is 9.46. The van der Waals surface area contributed by atoms with Gasteiger partial charge in [0.25, 0.3) is 0 Å². The highest BCUT2D eigenvalue weighted by Crippen LogP contribution is 2.64. The molecule has 0 saturated heterocycles. The molecular weight excluding hydrogens is 284 g/mol. The van der Waals surface area contributed by atoms with Crippen LogP contribution in [0.5, 0.6) is 0 Å². The van der Waals surface area contributed by atoms with E-state index in [0.717, 1.165) is 30.4 Å². The second-order valence-electron chi connectivity index (χ2n) is 8.80. The molecule has 23 heavy (non-hydrogen) atoms. The Labute approximate surface area is 139 Å². The van der Waals surface area contributed by atoms with E-state index in [-0.39, 0.29) is 16.6 Å². The molecule has 2 heteroatoms. The molecule has 0 aromatic rings. The van der Waals surface area contributed by atoms with Crippen molar-refractivity contribution >= 4 is 11.6 Å². The normalized spacial score (nSPS) is 45.5. The molecule has 124 valence electrons. The Bertz CT molecular complexity index is 640. The van der Waals surface area contributed by atoms with Gasteiger partial charge in [-0.05, 0) is 85.2 Å². The summed E-state index contributed by atoms with van der Waals surface area (Å²) in [6.07, 6.45) is 11.9. The number of hydrogen-bond donors (Lipinski definition) is 0. The topological polar surface area (TPSA) is 34.1 Å². The molecule has 0 aromatic heterocycles. The van der Waals surface area contributed by atoms with Gasteiger partial charge in [-0.15, -0.1) is 0 Å². The molecule has 0 N–H and O–H groups in total. The van der Waals surface area contributed by atoms with Crippen molar-refractivity contribution in [3.05, 3.63) is 23.3 Å². The summed E-state index contributed by atoms with van der Waals surface area (Å²) in [4.78, 5) is 24.9. The maximum atomic E-state index is 12.8. The maximum Gasteiger partial charge on any atom is 0.159 e. The van der Waals surface area contributed by atoms with Crippen LogP contribution in [0.15, 0.2) is 23.3 Å². The molecule has 5 atom stereocenters. The van der Waals surface area contributed by atoms with Crippen molar-refractivity contribution < 1.29 is 9.59 Å². The summed E-state index contributed by atoms with van der Waals surface area (Å²) in [5.74, 6) is 2.22. The summed E-state index contributed by atoms with van der Waals surface area (Å²) in [6.45, 7) is 6.34. The first-order valence-corrected chi connectivity index (χ1v) is 9.33. The third-order valence-electron chi connectivity index (χ3n) is 7.80. The van der Waals surface area contributed by atoms with Crippen LogP contribution in [0.25, 0.3) is 0 Å². The van der Waals surface area contributed by atoms with Crippen LogP contribution in [0.2, 0.25) is 0 Å². The van der Waals surface area contributed by atoms with E-state index in [1.165, 1.54) is 19.3 Å². The Balaban J connectivity index is 1.72. The van der Waals surface area contributed by atoms with E-state index in [1.807, 2.05) is 0 Å². The molecule has 2 saturated carbocycles. The minimum Gasteiger partial charge on any atom is -0.295 e. The van der Waals surface area contributed by atoms with Crippen molar-refractivity contribution in [2.45, 2.75) is 65.7 Å². The Morgan fingerprint density at radius 3 is 2.65 bits per heavy atom. The van der Waals surface area contributed by atoms with E-state index in [4.69, 9.17) is 0 Å². The van der Waals surface area contributed by atoms with Crippen LogP contribution in [0.4, 0.5) is 0 Å². The average Bonchev–Trinajstić information content (AvgIpc) is 2.85. The zero-order valence-corrected chi connectivity index (χ0v) is 14.7. The van der Waals surface area contributed by atoms with Gasteiger partial charge in [0, 0.05) is 6.42 Å². The van der Waals surface area contributed by atoms with Crippen molar-refractivity contribution in [2.24, 2.45) is 28.6 Å². The first kappa shape index (κ1) is 15.4. The van der Waals surface area contributed by atoms with E-state index in [2.05, 4.69) is 26.0 Å². The minimum absolute atomic E-state index is 0.0134. The van der Waals surface area contributed by atoms with Crippen molar-refractivity contribution in [3.63, 3.8) is 0 Å². The lowest BCUT2D eigenvalue weighted by molar-refractivity contribution is -0.127. The van der Waals surface area contributed by atoms with E-state index in [9.17, 15) is 9.59 Å². The molecule has 0 spiro atoms. The van der Waals surface area contributed by atoms with Crippen LogP contribution in [0, 0.1) is 28.6 Å². The molecule has 0 aromatic carbocycles. The zero-order chi connectivity index (χ0) is 16.4. The van der Waals surface area contributed by atoms with E-state index >= 15 is 0 Å². The monoisotopic (exact) mass is 312 g/mol. The van der Waals surface area contributed by atoms with Gasteiger partial charge in [-0.1, -0.05) is 26.0 Å². The van der Waals surface area contributed by atoms with Gasteiger partial charge in [0.2, 0.25) is 0 Å². The van der Waals surface area contributed by atoms with Crippen molar-refractivity contribution in [1.29, 1.82) is 0 Å². The number of carbonyl (C=O) groups excluding carboxylic acids is 2. The Morgan fingerprint density at radius 1 is 1.13 bits per heavy atom. The molecule has 0 amide bonds. The number of rotatable bonds is 1. The fourth-order valence-electron chi connectivity index (χ4n) is 6.70. The highest BCUT2D eigenvalue weighted by molar-refractivity contribution is 5.98. The second-order valence-corrected chi connectivity index (χ2v) is 8.80. The van der Waals surface area contributed by atoms with Crippen molar-refractivity contribution in [1.82, 2.24) is 0 Å². The number of carbonyl (C=O) groups is 2. The Morgan fingerprint density at radius 2 is 1.91 bits per heavy atom. The number of fused-ring (bicyclic) bond motifs is 5. The molecule has 4 aliphatic carbocycles. The minimum atomic E-state index is 0.0134. The smallest absolute Gasteiger partial charge is 0.159 e. The van der Waals surface area contributed by atoms with E-state index in [0.29, 0.717) is 30.0 Å². The summed E-state index contributed by atoms with van der Waals surface area (Å²) in [5.41, 5.74) is 2.30. The molecule has 2 fully saturated rings. The van der Waals surface area contributed by atoms with Crippen LogP contribution >= 0.6 is 0 Å². The molecule has 0 radical (unpaired) electrons. The number of Topliss-reactive ketones (excluding diaryl/α,β-unsaturated/α-hetero) is 2. The molecule has 2 nitrogen and oxygen atoms in total. The van der Waals surface area contributed by atoms with E-state index in [1.54, 1.807) is 6.92 Å².